The fraction of sp³-hybridized carbons (Fsp3) is 0.750. The summed E-state index contributed by atoms with van der Waals surface area (Å²) in [4.78, 5) is 10.5. The molecule has 8 nitrogen and oxygen atoms in total. The fourth-order valence-electron chi connectivity index (χ4n) is 1.34. The van der Waals surface area contributed by atoms with Crippen LogP contribution in [0.15, 0.2) is 11.5 Å². The minimum Gasteiger partial charge on any atom is -0.505 e. The zero-order chi connectivity index (χ0) is 15.7. The van der Waals surface area contributed by atoms with E-state index in [0.29, 0.717) is 0 Å². The van der Waals surface area contributed by atoms with E-state index in [9.17, 15) is 4.79 Å². The molecular weight excluding hydrogens is 272 g/mol. The highest BCUT2D eigenvalue weighted by Crippen LogP contribution is 2.20. The first kappa shape index (κ1) is 18.7. The Morgan fingerprint density at radius 3 is 2.05 bits per heavy atom. The third-order valence-electron chi connectivity index (χ3n) is 2.28. The quantitative estimate of drug-likeness (QED) is 0.398. The van der Waals surface area contributed by atoms with Gasteiger partial charge in [-0.05, 0) is 20.8 Å². The highest BCUT2D eigenvalue weighted by Gasteiger charge is 2.38. The van der Waals surface area contributed by atoms with E-state index in [4.69, 9.17) is 29.9 Å². The van der Waals surface area contributed by atoms with Crippen molar-refractivity contribution in [3.05, 3.63) is 11.5 Å². The van der Waals surface area contributed by atoms with Crippen LogP contribution in [0.1, 0.15) is 20.8 Å². The van der Waals surface area contributed by atoms with Gasteiger partial charge in [-0.3, -0.25) is 0 Å². The van der Waals surface area contributed by atoms with Crippen LogP contribution in [-0.2, 0) is 19.0 Å². The van der Waals surface area contributed by atoms with Gasteiger partial charge in [-0.15, -0.1) is 0 Å². The van der Waals surface area contributed by atoms with Crippen molar-refractivity contribution in [2.45, 2.75) is 39.3 Å². The molecule has 0 amide bonds. The standard InChI is InChI=1S/C6H8O6.C6H14O2/c7-1-2(8)5-3(9)4(10)6(11)12-5;1-4-7-6(3)8-5-2/h2,5,7-10H,1H2;6H,4-5H2,1-3H3/t2-,5+;/m0./s1. The highest BCUT2D eigenvalue weighted by atomic mass is 16.7. The van der Waals surface area contributed by atoms with Gasteiger partial charge in [0.15, 0.2) is 18.2 Å². The first-order valence-electron chi connectivity index (χ1n) is 6.24. The van der Waals surface area contributed by atoms with Crippen molar-refractivity contribution in [1.82, 2.24) is 0 Å². The second-order valence-corrected chi connectivity index (χ2v) is 3.79. The van der Waals surface area contributed by atoms with Crippen LogP contribution < -0.4 is 0 Å². The van der Waals surface area contributed by atoms with Crippen LogP contribution in [0.3, 0.4) is 0 Å². The number of hydrogen-bond donors (Lipinski definition) is 4. The smallest absolute Gasteiger partial charge is 0.377 e. The van der Waals surface area contributed by atoms with Crippen LogP contribution >= 0.6 is 0 Å². The minimum atomic E-state index is -1.42. The number of esters is 1. The van der Waals surface area contributed by atoms with Crippen molar-refractivity contribution in [2.75, 3.05) is 19.8 Å². The van der Waals surface area contributed by atoms with Crippen LogP contribution in [0, 0.1) is 0 Å². The van der Waals surface area contributed by atoms with E-state index in [-0.39, 0.29) is 6.29 Å². The van der Waals surface area contributed by atoms with E-state index in [1.54, 1.807) is 0 Å². The maximum absolute atomic E-state index is 10.5. The van der Waals surface area contributed by atoms with Gasteiger partial charge in [-0.2, -0.15) is 0 Å². The number of rotatable bonds is 6. The van der Waals surface area contributed by atoms with Gasteiger partial charge in [0.25, 0.3) is 0 Å². The summed E-state index contributed by atoms with van der Waals surface area (Å²) in [6, 6.07) is 0. The predicted molar refractivity (Wildman–Crippen MR) is 68.0 cm³/mol. The van der Waals surface area contributed by atoms with E-state index in [1.165, 1.54) is 0 Å². The minimum absolute atomic E-state index is 0.0370. The summed E-state index contributed by atoms with van der Waals surface area (Å²) in [6.45, 7) is 6.58. The lowest BCUT2D eigenvalue weighted by Gasteiger charge is -2.13. The zero-order valence-electron chi connectivity index (χ0n) is 11.8. The third-order valence-corrected chi connectivity index (χ3v) is 2.28. The Bertz CT molecular complexity index is 321. The van der Waals surface area contributed by atoms with Gasteiger partial charge in [0, 0.05) is 13.2 Å². The lowest BCUT2D eigenvalue weighted by Crippen LogP contribution is -2.31. The van der Waals surface area contributed by atoms with Crippen molar-refractivity contribution >= 4 is 5.97 Å². The molecule has 0 aromatic rings. The summed E-state index contributed by atoms with van der Waals surface area (Å²) in [6.07, 6.45) is -2.81. The Morgan fingerprint density at radius 1 is 1.25 bits per heavy atom. The Hall–Kier alpha value is -1.35. The topological polar surface area (TPSA) is 126 Å². The largest absolute Gasteiger partial charge is 0.505 e. The number of aliphatic hydroxyl groups excluding tert-OH is 4. The van der Waals surface area contributed by atoms with E-state index in [2.05, 4.69) is 4.74 Å². The molecule has 2 atom stereocenters. The molecule has 4 N–H and O–H groups in total. The normalized spacial score (nSPS) is 19.7. The molecule has 0 bridgehead atoms. The third kappa shape index (κ3) is 5.74. The first-order chi connectivity index (χ1) is 9.38. The molecule has 0 radical (unpaired) electrons. The number of carbonyl (C=O) groups is 1. The molecule has 0 saturated heterocycles. The summed E-state index contributed by atoms with van der Waals surface area (Å²) in [7, 11) is 0. The Balaban J connectivity index is 0.000000396. The molecule has 0 aromatic carbocycles. The average Bonchev–Trinajstić information content (AvgIpc) is 2.67. The van der Waals surface area contributed by atoms with Crippen molar-refractivity contribution < 1.29 is 39.4 Å². The van der Waals surface area contributed by atoms with E-state index in [1.807, 2.05) is 20.8 Å². The molecule has 0 unspecified atom stereocenters. The van der Waals surface area contributed by atoms with Crippen LogP contribution in [0.4, 0.5) is 0 Å². The molecule has 1 aliphatic heterocycles. The molecule has 0 spiro atoms. The van der Waals surface area contributed by atoms with Crippen molar-refractivity contribution in [1.29, 1.82) is 0 Å². The van der Waals surface area contributed by atoms with Gasteiger partial charge in [-0.1, -0.05) is 0 Å². The van der Waals surface area contributed by atoms with Crippen LogP contribution in [-0.4, -0.2) is 64.7 Å². The van der Waals surface area contributed by atoms with Gasteiger partial charge in [0.05, 0.1) is 6.61 Å². The fourth-order valence-corrected chi connectivity index (χ4v) is 1.34. The average molecular weight is 294 g/mol. The molecule has 8 heteroatoms. The molecular formula is C12H22O8. The Labute approximate surface area is 117 Å². The lowest BCUT2D eigenvalue weighted by atomic mass is 10.2. The Morgan fingerprint density at radius 2 is 1.75 bits per heavy atom. The van der Waals surface area contributed by atoms with Crippen molar-refractivity contribution in [2.24, 2.45) is 0 Å². The Kier molecular flexibility index (Phi) is 8.89. The molecule has 0 aliphatic carbocycles. The van der Waals surface area contributed by atoms with E-state index >= 15 is 0 Å². The van der Waals surface area contributed by atoms with Gasteiger partial charge in [0.1, 0.15) is 6.10 Å². The van der Waals surface area contributed by atoms with Crippen molar-refractivity contribution in [3.8, 4) is 0 Å². The SMILES string of the molecule is CCOC(C)OCC.O=C1O[C@H]([C@@H](O)CO)C(O)=C1O. The van der Waals surface area contributed by atoms with E-state index < -0.39 is 36.3 Å². The molecule has 1 heterocycles. The maximum atomic E-state index is 10.5. The molecule has 0 fully saturated rings. The number of ether oxygens (including phenoxy) is 3. The molecule has 0 aromatic heterocycles. The summed E-state index contributed by atoms with van der Waals surface area (Å²) in [5.41, 5.74) is 0. The van der Waals surface area contributed by atoms with Gasteiger partial charge in [0.2, 0.25) is 5.76 Å². The number of hydrogen-bond acceptors (Lipinski definition) is 8. The summed E-state index contributed by atoms with van der Waals surface area (Å²) in [5.74, 6) is -2.78. The summed E-state index contributed by atoms with van der Waals surface area (Å²) in [5, 5.41) is 35.0. The van der Waals surface area contributed by atoms with Gasteiger partial charge >= 0.3 is 5.97 Å². The van der Waals surface area contributed by atoms with Crippen LogP contribution in [0.5, 0.6) is 0 Å². The van der Waals surface area contributed by atoms with E-state index in [0.717, 1.165) is 13.2 Å². The monoisotopic (exact) mass is 294 g/mol. The second kappa shape index (κ2) is 9.54. The number of carbonyl (C=O) groups excluding carboxylic acids is 1. The molecule has 0 saturated carbocycles. The lowest BCUT2D eigenvalue weighted by molar-refractivity contribution is -0.147. The summed E-state index contributed by atoms with van der Waals surface area (Å²) >= 11 is 0. The van der Waals surface area contributed by atoms with Crippen LogP contribution in [0.25, 0.3) is 0 Å². The van der Waals surface area contributed by atoms with Crippen molar-refractivity contribution in [3.63, 3.8) is 0 Å². The van der Waals surface area contributed by atoms with Gasteiger partial charge in [-0.25, -0.2) is 4.79 Å². The molecule has 1 aliphatic rings. The zero-order valence-corrected chi connectivity index (χ0v) is 11.8. The molecule has 1 rings (SSSR count). The molecule has 118 valence electrons. The predicted octanol–water partition coefficient (Wildman–Crippen LogP) is -0.00200. The first-order valence-corrected chi connectivity index (χ1v) is 6.24. The number of aliphatic hydroxyl groups is 4. The number of cyclic esters (lactones) is 1. The van der Waals surface area contributed by atoms with Crippen LogP contribution in [0.2, 0.25) is 0 Å². The highest BCUT2D eigenvalue weighted by molar-refractivity contribution is 5.89. The maximum Gasteiger partial charge on any atom is 0.377 e. The summed E-state index contributed by atoms with van der Waals surface area (Å²) < 4.78 is 14.4. The second-order valence-electron chi connectivity index (χ2n) is 3.79. The van der Waals surface area contributed by atoms with Gasteiger partial charge < -0.3 is 34.6 Å². The molecule has 20 heavy (non-hydrogen) atoms.